The Hall–Kier alpha value is -14.2. The molecule has 10 aromatic carbocycles. The number of rotatable bonds is 16. The summed E-state index contributed by atoms with van der Waals surface area (Å²) < 4.78 is 0. The molecular formula is C98H81N13. The number of hydrogen-bond donors (Lipinski definition) is 0. The van der Waals surface area contributed by atoms with Crippen molar-refractivity contribution in [3.8, 4) is 22.6 Å². The van der Waals surface area contributed by atoms with Gasteiger partial charge >= 0.3 is 0 Å². The lowest BCUT2D eigenvalue weighted by Gasteiger charge is -2.43. The molecule has 0 amide bonds. The number of nitrogens with zero attached hydrogens (tertiary/aromatic N) is 13. The molecule has 111 heavy (non-hydrogen) atoms. The van der Waals surface area contributed by atoms with Gasteiger partial charge in [0.1, 0.15) is 11.6 Å². The summed E-state index contributed by atoms with van der Waals surface area (Å²) in [6.07, 6.45) is 13.2. The van der Waals surface area contributed by atoms with Gasteiger partial charge in [-0.1, -0.05) is 143 Å². The fourth-order valence-electron chi connectivity index (χ4n) is 15.7. The van der Waals surface area contributed by atoms with Crippen LogP contribution in [-0.4, -0.2) is 34.9 Å². The van der Waals surface area contributed by atoms with Crippen molar-refractivity contribution in [3.05, 3.63) is 404 Å². The van der Waals surface area contributed by atoms with E-state index in [1.165, 1.54) is 22.3 Å². The van der Waals surface area contributed by atoms with E-state index in [1.54, 1.807) is 0 Å². The highest BCUT2D eigenvalue weighted by Gasteiger charge is 2.41. The smallest absolute Gasteiger partial charge is 0.159 e. The molecule has 0 bridgehead atoms. The summed E-state index contributed by atoms with van der Waals surface area (Å²) in [5.74, 6) is 2.44. The highest BCUT2D eigenvalue weighted by molar-refractivity contribution is 5.94. The molecule has 2 aliphatic rings. The fourth-order valence-corrected chi connectivity index (χ4v) is 15.7. The second kappa shape index (κ2) is 29.9. The van der Waals surface area contributed by atoms with E-state index >= 15 is 0 Å². The van der Waals surface area contributed by atoms with Crippen LogP contribution in [0.2, 0.25) is 0 Å². The lowest BCUT2D eigenvalue weighted by Crippen LogP contribution is -2.31. The third kappa shape index (κ3) is 13.6. The van der Waals surface area contributed by atoms with Crippen LogP contribution >= 0.6 is 0 Å². The maximum absolute atomic E-state index is 4.98. The molecule has 0 N–H and O–H groups in total. The molecule has 16 aromatic rings. The highest BCUT2D eigenvalue weighted by atomic mass is 15.2. The maximum atomic E-state index is 4.98. The molecule has 0 atom stereocenters. The third-order valence-corrected chi connectivity index (χ3v) is 21.0. The Balaban J connectivity index is 0.000000162. The summed E-state index contributed by atoms with van der Waals surface area (Å²) in [6, 6.07) is 113. The first-order chi connectivity index (χ1) is 54.3. The summed E-state index contributed by atoms with van der Waals surface area (Å²) in [7, 11) is 0. The molecule has 13 nitrogen and oxygen atoms in total. The van der Waals surface area contributed by atoms with Crippen LogP contribution in [0.15, 0.2) is 365 Å². The van der Waals surface area contributed by atoms with Gasteiger partial charge < -0.3 is 19.6 Å². The molecular weight excluding hydrogens is 1360 g/mol. The summed E-state index contributed by atoms with van der Waals surface area (Å²) in [6.45, 7) is 15.6. The number of benzene rings is 10. The van der Waals surface area contributed by atoms with Gasteiger partial charge in [-0.15, -0.1) is 0 Å². The van der Waals surface area contributed by atoms with Gasteiger partial charge in [-0.25, -0.2) is 19.9 Å². The minimum atomic E-state index is -0.410. The molecule has 0 aliphatic carbocycles. The van der Waals surface area contributed by atoms with Crippen molar-refractivity contribution in [2.75, 3.05) is 29.4 Å². The van der Waals surface area contributed by atoms with Crippen LogP contribution in [-0.2, 0) is 10.8 Å². The highest BCUT2D eigenvalue weighted by Crippen LogP contribution is 2.58. The van der Waals surface area contributed by atoms with Crippen LogP contribution < -0.4 is 29.4 Å². The number of pyridine rings is 5. The Kier molecular flexibility index (Phi) is 18.8. The van der Waals surface area contributed by atoms with Crippen LogP contribution in [0.4, 0.5) is 103 Å². The van der Waals surface area contributed by atoms with Gasteiger partial charge in [0.15, 0.2) is 5.82 Å². The summed E-state index contributed by atoms with van der Waals surface area (Å²) >= 11 is 0. The Labute approximate surface area is 649 Å². The minimum absolute atomic E-state index is 0.390. The number of fused-ring (bicyclic) bond motifs is 4. The SMILES string of the molecule is CC1(C)c2cc(N(c3ccccc3)c3cccnc3)ccc2N(c2ccc(-c3ccccc3)nc2)c2ccc(N(c3ccccc3)c3cccnc3)cc21.Cc1cc(C)nc(-c2ccc(N3c4ccc(N(c5ccccc5)c5ccccn5)cc4C(C)(C)c4cc(N(c5ccccc5)c5ccccn5)ccc43)c(C)c2)n1. The van der Waals surface area contributed by atoms with Gasteiger partial charge in [-0.05, 0) is 255 Å². The van der Waals surface area contributed by atoms with E-state index in [-0.39, 0.29) is 5.41 Å². The Bertz CT molecular complexity index is 5490. The van der Waals surface area contributed by atoms with Crippen molar-refractivity contribution in [3.63, 3.8) is 0 Å². The minimum Gasteiger partial charge on any atom is -0.310 e. The van der Waals surface area contributed by atoms with Gasteiger partial charge in [0.25, 0.3) is 0 Å². The third-order valence-electron chi connectivity index (χ3n) is 21.0. The number of para-hydroxylation sites is 4. The second-order valence-corrected chi connectivity index (χ2v) is 29.0. The standard InChI is InChI=1S/C50H43N7.C48H38N6/c1-34-30-37(49-53-35(2)31-36(3)54-49)22-25-44(34)57-45-26-23-40(55(38-16-8-6-9-17-38)47-20-12-14-28-51-47)32-42(45)50(4,5)43-33-41(24-27-46(43)57)56(39-18-10-7-11-19-39)48-21-13-15-29-52-48;1-48(2)43-30-38(52(36-16-8-4-9-17-36)40-20-12-28-49-32-40)23-26-46(43)54(42-22-25-45(51-34-42)35-14-6-3-7-15-35)47-27-24-39(31-44(47)48)53(37-18-10-5-11-19-37)41-21-13-29-50-33-41/h6-33H,1-5H3;3-34H,1-2H3. The molecule has 0 unspecified atom stereocenters. The van der Waals surface area contributed by atoms with Crippen molar-refractivity contribution in [2.45, 2.75) is 59.3 Å². The zero-order valence-electron chi connectivity index (χ0n) is 63.0. The predicted molar refractivity (Wildman–Crippen MR) is 455 cm³/mol. The first-order valence-electron chi connectivity index (χ1n) is 37.5. The molecule has 0 saturated carbocycles. The average Bonchev–Trinajstić information content (AvgIpc) is 0.719. The van der Waals surface area contributed by atoms with Crippen LogP contribution in [0, 0.1) is 20.8 Å². The number of anilines is 18. The van der Waals surface area contributed by atoms with E-state index in [4.69, 9.17) is 24.9 Å². The van der Waals surface area contributed by atoms with E-state index < -0.39 is 5.41 Å². The molecule has 6 aromatic heterocycles. The monoisotopic (exact) mass is 1440 g/mol. The van der Waals surface area contributed by atoms with Crippen molar-refractivity contribution < 1.29 is 0 Å². The van der Waals surface area contributed by atoms with Gasteiger partial charge in [0.05, 0.1) is 64.1 Å². The quantitative estimate of drug-likeness (QED) is 0.0916. The van der Waals surface area contributed by atoms with Crippen molar-refractivity contribution in [2.24, 2.45) is 0 Å². The lowest BCUT2D eigenvalue weighted by molar-refractivity contribution is 0.632. The molecule has 538 valence electrons. The van der Waals surface area contributed by atoms with Gasteiger partial charge in [-0.3, -0.25) is 24.8 Å². The first kappa shape index (κ1) is 69.8. The molecule has 0 spiro atoms. The van der Waals surface area contributed by atoms with E-state index in [0.29, 0.717) is 0 Å². The maximum Gasteiger partial charge on any atom is 0.159 e. The molecule has 0 fully saturated rings. The van der Waals surface area contributed by atoms with E-state index in [0.717, 1.165) is 142 Å². The molecule has 0 radical (unpaired) electrons. The Morgan fingerprint density at radius 2 is 0.649 bits per heavy atom. The van der Waals surface area contributed by atoms with E-state index in [1.807, 2.05) is 130 Å². The largest absolute Gasteiger partial charge is 0.310 e. The Morgan fingerprint density at radius 3 is 1.03 bits per heavy atom. The van der Waals surface area contributed by atoms with Crippen molar-refractivity contribution in [1.29, 1.82) is 0 Å². The van der Waals surface area contributed by atoms with Gasteiger partial charge in [0, 0.05) is 109 Å². The number of aryl methyl sites for hydroxylation is 3. The lowest BCUT2D eigenvalue weighted by atomic mass is 9.73. The normalized spacial score (nSPS) is 12.7. The summed E-state index contributed by atoms with van der Waals surface area (Å²) in [5, 5.41) is 0. The van der Waals surface area contributed by atoms with Crippen molar-refractivity contribution >= 4 is 103 Å². The summed E-state index contributed by atoms with van der Waals surface area (Å²) in [4.78, 5) is 47.0. The second-order valence-electron chi connectivity index (χ2n) is 29.0. The molecule has 13 heteroatoms. The topological polar surface area (TPSA) is 110 Å². The molecule has 2 aliphatic heterocycles. The zero-order chi connectivity index (χ0) is 75.6. The fraction of sp³-hybridized carbons (Fsp3) is 0.0918. The van der Waals surface area contributed by atoms with Crippen molar-refractivity contribution in [1.82, 2.24) is 34.9 Å². The summed E-state index contributed by atoms with van der Waals surface area (Å²) in [5.41, 5.74) is 27.0. The van der Waals surface area contributed by atoms with Crippen LogP contribution in [0.1, 0.15) is 66.9 Å². The van der Waals surface area contributed by atoms with Crippen LogP contribution in [0.25, 0.3) is 22.6 Å². The molecule has 18 rings (SSSR count). The first-order valence-corrected chi connectivity index (χ1v) is 37.5. The van der Waals surface area contributed by atoms with Gasteiger partial charge in [0.2, 0.25) is 0 Å². The van der Waals surface area contributed by atoms with Gasteiger partial charge in [-0.2, -0.15) is 0 Å². The van der Waals surface area contributed by atoms with E-state index in [2.05, 4.69) is 323 Å². The van der Waals surface area contributed by atoms with E-state index in [9.17, 15) is 0 Å². The molecule has 8 heterocycles. The Morgan fingerprint density at radius 1 is 0.270 bits per heavy atom. The average molecular weight is 1440 g/mol. The number of hydrogen-bond acceptors (Lipinski definition) is 13. The predicted octanol–water partition coefficient (Wildman–Crippen LogP) is 25.5. The van der Waals surface area contributed by atoms with Crippen LogP contribution in [0.3, 0.4) is 0 Å². The molecule has 0 saturated heterocycles. The zero-order valence-corrected chi connectivity index (χ0v) is 63.0. The number of aromatic nitrogens is 7. The van der Waals surface area contributed by atoms with Crippen LogP contribution in [0.5, 0.6) is 0 Å².